The van der Waals surface area contributed by atoms with Gasteiger partial charge in [-0.15, -0.1) is 0 Å². The van der Waals surface area contributed by atoms with Crippen LogP contribution in [0.25, 0.3) is 11.4 Å². The van der Waals surface area contributed by atoms with Crippen molar-refractivity contribution in [3.05, 3.63) is 42.6 Å². The van der Waals surface area contributed by atoms with E-state index in [0.29, 0.717) is 18.1 Å². The van der Waals surface area contributed by atoms with Gasteiger partial charge in [-0.1, -0.05) is 56.0 Å². The van der Waals surface area contributed by atoms with Crippen molar-refractivity contribution in [1.29, 1.82) is 0 Å². The lowest BCUT2D eigenvalue weighted by Gasteiger charge is -2.09. The summed E-state index contributed by atoms with van der Waals surface area (Å²) in [6.07, 6.45) is 8.44. The second kappa shape index (κ2) is 7.16. The summed E-state index contributed by atoms with van der Waals surface area (Å²) < 4.78 is 0. The van der Waals surface area contributed by atoms with Crippen LogP contribution in [0, 0.1) is 5.92 Å². The minimum absolute atomic E-state index is 0.0459. The standard InChI is InChI=1S/C18H21N3O/c22-17(11-10-14-6-4-5-7-14)20-16-12-13-19-18(21-16)15-8-2-1-3-9-15/h1-3,8-9,12-14H,4-7,10-11H2,(H,19,20,21,22). The van der Waals surface area contributed by atoms with E-state index in [-0.39, 0.29) is 5.91 Å². The maximum Gasteiger partial charge on any atom is 0.225 e. The predicted octanol–water partition coefficient (Wildman–Crippen LogP) is 4.05. The maximum absolute atomic E-state index is 12.0. The van der Waals surface area contributed by atoms with Crippen molar-refractivity contribution in [2.24, 2.45) is 5.92 Å². The topological polar surface area (TPSA) is 54.9 Å². The monoisotopic (exact) mass is 295 g/mol. The molecule has 1 heterocycles. The number of nitrogens with one attached hydrogen (secondary N) is 1. The highest BCUT2D eigenvalue weighted by atomic mass is 16.1. The molecule has 0 radical (unpaired) electrons. The normalized spacial score (nSPS) is 14.9. The molecule has 0 atom stereocenters. The molecule has 1 fully saturated rings. The van der Waals surface area contributed by atoms with Crippen LogP contribution in [0.15, 0.2) is 42.6 Å². The first-order chi connectivity index (χ1) is 10.8. The Balaban J connectivity index is 1.59. The van der Waals surface area contributed by atoms with Gasteiger partial charge in [-0.3, -0.25) is 4.79 Å². The molecule has 0 unspecified atom stereocenters. The first kappa shape index (κ1) is 14.7. The number of nitrogens with zero attached hydrogens (tertiary/aromatic N) is 2. The van der Waals surface area contributed by atoms with E-state index in [1.807, 2.05) is 30.3 Å². The molecular formula is C18H21N3O. The molecule has 1 aliphatic carbocycles. The molecular weight excluding hydrogens is 274 g/mol. The number of amides is 1. The third-order valence-electron chi connectivity index (χ3n) is 4.21. The number of carbonyl (C=O) groups excluding carboxylic acids is 1. The smallest absolute Gasteiger partial charge is 0.225 e. The summed E-state index contributed by atoms with van der Waals surface area (Å²) in [5.74, 6) is 1.99. The molecule has 1 saturated carbocycles. The van der Waals surface area contributed by atoms with Gasteiger partial charge in [0.15, 0.2) is 5.82 Å². The van der Waals surface area contributed by atoms with Crippen molar-refractivity contribution in [2.45, 2.75) is 38.5 Å². The van der Waals surface area contributed by atoms with Crippen molar-refractivity contribution in [1.82, 2.24) is 9.97 Å². The van der Waals surface area contributed by atoms with Crippen LogP contribution in [0.2, 0.25) is 0 Å². The number of hydrogen-bond donors (Lipinski definition) is 1. The van der Waals surface area contributed by atoms with Gasteiger partial charge in [-0.05, 0) is 18.4 Å². The lowest BCUT2D eigenvalue weighted by Crippen LogP contribution is -2.14. The van der Waals surface area contributed by atoms with Gasteiger partial charge in [0.05, 0.1) is 0 Å². The van der Waals surface area contributed by atoms with Crippen LogP contribution in [0.5, 0.6) is 0 Å². The number of aromatic nitrogens is 2. The zero-order valence-corrected chi connectivity index (χ0v) is 12.7. The number of carbonyl (C=O) groups is 1. The van der Waals surface area contributed by atoms with Crippen LogP contribution < -0.4 is 5.32 Å². The second-order valence-electron chi connectivity index (χ2n) is 5.87. The van der Waals surface area contributed by atoms with E-state index in [0.717, 1.165) is 17.9 Å². The Kier molecular flexibility index (Phi) is 4.78. The average molecular weight is 295 g/mol. The van der Waals surface area contributed by atoms with E-state index >= 15 is 0 Å². The third-order valence-corrected chi connectivity index (χ3v) is 4.21. The summed E-state index contributed by atoms with van der Waals surface area (Å²) in [6.45, 7) is 0. The van der Waals surface area contributed by atoms with Crippen LogP contribution >= 0.6 is 0 Å². The molecule has 2 aromatic rings. The van der Waals surface area contributed by atoms with E-state index in [2.05, 4.69) is 15.3 Å². The van der Waals surface area contributed by atoms with Crippen LogP contribution in [0.3, 0.4) is 0 Å². The van der Waals surface area contributed by atoms with Gasteiger partial charge in [-0.25, -0.2) is 9.97 Å². The van der Waals surface area contributed by atoms with E-state index in [1.54, 1.807) is 12.3 Å². The van der Waals surface area contributed by atoms with Crippen LogP contribution in [0.1, 0.15) is 38.5 Å². The Labute approximate surface area is 131 Å². The number of hydrogen-bond acceptors (Lipinski definition) is 3. The minimum atomic E-state index is 0.0459. The van der Waals surface area contributed by atoms with Crippen LogP contribution in [-0.4, -0.2) is 15.9 Å². The number of rotatable bonds is 5. The molecule has 0 aliphatic heterocycles. The summed E-state index contributed by atoms with van der Waals surface area (Å²) >= 11 is 0. The van der Waals surface area contributed by atoms with E-state index in [9.17, 15) is 4.79 Å². The number of anilines is 1. The molecule has 1 amide bonds. The fourth-order valence-corrected chi connectivity index (χ4v) is 2.99. The fourth-order valence-electron chi connectivity index (χ4n) is 2.99. The Morgan fingerprint density at radius 3 is 2.68 bits per heavy atom. The third kappa shape index (κ3) is 3.91. The van der Waals surface area contributed by atoms with Gasteiger partial charge in [0.2, 0.25) is 5.91 Å². The molecule has 22 heavy (non-hydrogen) atoms. The van der Waals surface area contributed by atoms with Gasteiger partial charge in [0.1, 0.15) is 5.82 Å². The molecule has 1 aromatic carbocycles. The highest BCUT2D eigenvalue weighted by molar-refractivity contribution is 5.89. The summed E-state index contributed by atoms with van der Waals surface area (Å²) in [6, 6.07) is 11.5. The first-order valence-electron chi connectivity index (χ1n) is 7.99. The average Bonchev–Trinajstić information content (AvgIpc) is 3.08. The molecule has 3 rings (SSSR count). The van der Waals surface area contributed by atoms with Crippen molar-refractivity contribution in [2.75, 3.05) is 5.32 Å². The lowest BCUT2D eigenvalue weighted by molar-refractivity contribution is -0.116. The van der Waals surface area contributed by atoms with Gasteiger partial charge in [0, 0.05) is 18.2 Å². The predicted molar refractivity (Wildman–Crippen MR) is 87.3 cm³/mol. The summed E-state index contributed by atoms with van der Waals surface area (Å²) in [4.78, 5) is 20.7. The SMILES string of the molecule is O=C(CCC1CCCC1)Nc1ccnc(-c2ccccc2)n1. The summed E-state index contributed by atoms with van der Waals surface area (Å²) in [5.41, 5.74) is 0.949. The highest BCUT2D eigenvalue weighted by Gasteiger charge is 2.16. The molecule has 4 heteroatoms. The van der Waals surface area contributed by atoms with Gasteiger partial charge < -0.3 is 5.32 Å². The Bertz CT molecular complexity index is 621. The van der Waals surface area contributed by atoms with E-state index in [1.165, 1.54) is 25.7 Å². The molecule has 114 valence electrons. The molecule has 1 N–H and O–H groups in total. The number of benzene rings is 1. The zero-order chi connectivity index (χ0) is 15.2. The Morgan fingerprint density at radius 1 is 1.14 bits per heavy atom. The van der Waals surface area contributed by atoms with Crippen LogP contribution in [-0.2, 0) is 4.79 Å². The maximum atomic E-state index is 12.0. The molecule has 0 saturated heterocycles. The van der Waals surface area contributed by atoms with Crippen LogP contribution in [0.4, 0.5) is 5.82 Å². The van der Waals surface area contributed by atoms with E-state index < -0.39 is 0 Å². The van der Waals surface area contributed by atoms with Gasteiger partial charge in [0.25, 0.3) is 0 Å². The quantitative estimate of drug-likeness (QED) is 0.905. The van der Waals surface area contributed by atoms with Crippen molar-refractivity contribution in [3.63, 3.8) is 0 Å². The van der Waals surface area contributed by atoms with Crippen molar-refractivity contribution >= 4 is 11.7 Å². The highest BCUT2D eigenvalue weighted by Crippen LogP contribution is 2.28. The molecule has 0 bridgehead atoms. The summed E-state index contributed by atoms with van der Waals surface area (Å²) in [7, 11) is 0. The minimum Gasteiger partial charge on any atom is -0.311 e. The molecule has 0 spiro atoms. The van der Waals surface area contributed by atoms with Gasteiger partial charge in [-0.2, -0.15) is 0 Å². The summed E-state index contributed by atoms with van der Waals surface area (Å²) in [5, 5.41) is 2.89. The fraction of sp³-hybridized carbons (Fsp3) is 0.389. The van der Waals surface area contributed by atoms with E-state index in [4.69, 9.17) is 0 Å². The Hall–Kier alpha value is -2.23. The van der Waals surface area contributed by atoms with Crippen molar-refractivity contribution in [3.8, 4) is 11.4 Å². The molecule has 1 aromatic heterocycles. The molecule has 4 nitrogen and oxygen atoms in total. The second-order valence-corrected chi connectivity index (χ2v) is 5.87. The van der Waals surface area contributed by atoms with Gasteiger partial charge >= 0.3 is 0 Å². The lowest BCUT2D eigenvalue weighted by atomic mass is 10.0. The first-order valence-corrected chi connectivity index (χ1v) is 7.99. The Morgan fingerprint density at radius 2 is 1.91 bits per heavy atom. The molecule has 1 aliphatic rings. The largest absolute Gasteiger partial charge is 0.311 e. The van der Waals surface area contributed by atoms with Crippen molar-refractivity contribution < 1.29 is 4.79 Å². The zero-order valence-electron chi connectivity index (χ0n) is 12.7.